The van der Waals surface area contributed by atoms with Gasteiger partial charge >= 0.3 is 0 Å². The molecule has 1 heterocycles. The summed E-state index contributed by atoms with van der Waals surface area (Å²) in [6.07, 6.45) is 3.39. The largest absolute Gasteiger partial charge is 0.337 e. The van der Waals surface area contributed by atoms with Gasteiger partial charge in [0.05, 0.1) is 5.56 Å². The second kappa shape index (κ2) is 5.93. The molecule has 0 spiro atoms. The molecule has 0 saturated carbocycles. The predicted molar refractivity (Wildman–Crippen MR) is 74.1 cm³/mol. The lowest BCUT2D eigenvalue weighted by atomic mass is 10.2. The average Bonchev–Trinajstić information content (AvgIpc) is 2.39. The SMILES string of the molecule is CN(Cc1cccnc1)C(=O)c1ccc(F)cc1Br. The zero-order chi connectivity index (χ0) is 13.8. The van der Waals surface area contributed by atoms with Gasteiger partial charge in [0.25, 0.3) is 5.91 Å². The fourth-order valence-electron chi connectivity index (χ4n) is 1.71. The molecule has 5 heteroatoms. The van der Waals surface area contributed by atoms with E-state index in [0.29, 0.717) is 16.6 Å². The van der Waals surface area contributed by atoms with Crippen LogP contribution >= 0.6 is 15.9 Å². The molecule has 1 aromatic carbocycles. The van der Waals surface area contributed by atoms with Crippen LogP contribution in [0.2, 0.25) is 0 Å². The highest BCUT2D eigenvalue weighted by atomic mass is 79.9. The van der Waals surface area contributed by atoms with E-state index < -0.39 is 0 Å². The van der Waals surface area contributed by atoms with Crippen LogP contribution in [-0.4, -0.2) is 22.8 Å². The second-order valence-corrected chi connectivity index (χ2v) is 5.00. The van der Waals surface area contributed by atoms with Gasteiger partial charge in [-0.25, -0.2) is 4.39 Å². The van der Waals surface area contributed by atoms with Crippen molar-refractivity contribution in [3.05, 3.63) is 64.1 Å². The molecular formula is C14H12BrFN2O. The minimum absolute atomic E-state index is 0.171. The Morgan fingerprint density at radius 2 is 2.21 bits per heavy atom. The minimum Gasteiger partial charge on any atom is -0.337 e. The summed E-state index contributed by atoms with van der Waals surface area (Å²) in [5.41, 5.74) is 1.38. The maximum absolute atomic E-state index is 13.0. The van der Waals surface area contributed by atoms with Crippen LogP contribution in [0.3, 0.4) is 0 Å². The number of halogens is 2. The molecule has 3 nitrogen and oxygen atoms in total. The first-order chi connectivity index (χ1) is 9.08. The van der Waals surface area contributed by atoms with Crippen LogP contribution in [0.4, 0.5) is 4.39 Å². The summed E-state index contributed by atoms with van der Waals surface area (Å²) in [5, 5.41) is 0. The van der Waals surface area contributed by atoms with E-state index in [1.807, 2.05) is 12.1 Å². The van der Waals surface area contributed by atoms with Gasteiger partial charge in [-0.1, -0.05) is 6.07 Å². The second-order valence-electron chi connectivity index (χ2n) is 4.15. The smallest absolute Gasteiger partial charge is 0.255 e. The summed E-state index contributed by atoms with van der Waals surface area (Å²) in [5.74, 6) is -0.547. The molecule has 0 unspecified atom stereocenters. The Hall–Kier alpha value is -1.75. The third-order valence-corrected chi connectivity index (χ3v) is 3.31. The Bertz CT molecular complexity index is 589. The maximum atomic E-state index is 13.0. The Labute approximate surface area is 119 Å². The third-order valence-electron chi connectivity index (χ3n) is 2.65. The molecule has 0 bridgehead atoms. The number of nitrogens with zero attached hydrogens (tertiary/aromatic N) is 2. The van der Waals surface area contributed by atoms with Crippen molar-refractivity contribution < 1.29 is 9.18 Å². The van der Waals surface area contributed by atoms with Crippen molar-refractivity contribution in [2.45, 2.75) is 6.54 Å². The zero-order valence-electron chi connectivity index (χ0n) is 10.3. The Morgan fingerprint density at radius 3 is 2.84 bits per heavy atom. The molecule has 0 saturated heterocycles. The van der Waals surface area contributed by atoms with E-state index in [1.54, 1.807) is 24.3 Å². The monoisotopic (exact) mass is 322 g/mol. The molecule has 98 valence electrons. The van der Waals surface area contributed by atoms with Gasteiger partial charge in [0, 0.05) is 30.5 Å². The molecule has 0 fully saturated rings. The number of benzene rings is 1. The highest BCUT2D eigenvalue weighted by molar-refractivity contribution is 9.10. The number of aromatic nitrogens is 1. The van der Waals surface area contributed by atoms with E-state index in [9.17, 15) is 9.18 Å². The van der Waals surface area contributed by atoms with Gasteiger partial charge < -0.3 is 4.90 Å². The lowest BCUT2D eigenvalue weighted by molar-refractivity contribution is 0.0784. The molecule has 19 heavy (non-hydrogen) atoms. The van der Waals surface area contributed by atoms with Gasteiger partial charge in [-0.05, 0) is 45.8 Å². The fraction of sp³-hybridized carbons (Fsp3) is 0.143. The number of amides is 1. The molecule has 0 N–H and O–H groups in total. The Balaban J connectivity index is 2.15. The summed E-state index contributed by atoms with van der Waals surface area (Å²) in [6.45, 7) is 0.455. The van der Waals surface area contributed by atoms with Crippen LogP contribution in [-0.2, 0) is 6.54 Å². The molecule has 1 aromatic heterocycles. The predicted octanol–water partition coefficient (Wildman–Crippen LogP) is 3.26. The number of rotatable bonds is 3. The molecule has 0 aliphatic heterocycles. The summed E-state index contributed by atoms with van der Waals surface area (Å²) in [7, 11) is 1.70. The standard InChI is InChI=1S/C14H12BrFN2O/c1-18(9-10-3-2-6-17-8-10)14(19)12-5-4-11(16)7-13(12)15/h2-8H,9H2,1H3. The van der Waals surface area contributed by atoms with Crippen molar-refractivity contribution >= 4 is 21.8 Å². The van der Waals surface area contributed by atoms with E-state index in [2.05, 4.69) is 20.9 Å². The molecule has 1 amide bonds. The first-order valence-electron chi connectivity index (χ1n) is 5.67. The maximum Gasteiger partial charge on any atom is 0.255 e. The average molecular weight is 323 g/mol. The molecule has 0 atom stereocenters. The molecule has 2 rings (SSSR count). The molecule has 0 aliphatic carbocycles. The van der Waals surface area contributed by atoms with Crippen molar-refractivity contribution in [2.24, 2.45) is 0 Å². The van der Waals surface area contributed by atoms with Crippen LogP contribution in [0.5, 0.6) is 0 Å². The van der Waals surface area contributed by atoms with Gasteiger partial charge in [-0.3, -0.25) is 9.78 Å². The topological polar surface area (TPSA) is 33.2 Å². The van der Waals surface area contributed by atoms with Gasteiger partial charge in [0.15, 0.2) is 0 Å². The zero-order valence-corrected chi connectivity index (χ0v) is 11.9. The molecule has 2 aromatic rings. The van der Waals surface area contributed by atoms with Crippen LogP contribution in [0.1, 0.15) is 15.9 Å². The van der Waals surface area contributed by atoms with Crippen molar-refractivity contribution in [2.75, 3.05) is 7.05 Å². The van der Waals surface area contributed by atoms with Crippen molar-refractivity contribution in [3.8, 4) is 0 Å². The summed E-state index contributed by atoms with van der Waals surface area (Å²) < 4.78 is 13.4. The summed E-state index contributed by atoms with van der Waals surface area (Å²) in [6, 6.07) is 7.75. The van der Waals surface area contributed by atoms with Crippen LogP contribution in [0.15, 0.2) is 47.2 Å². The van der Waals surface area contributed by atoms with Gasteiger partial charge in [0.1, 0.15) is 5.82 Å². The first kappa shape index (κ1) is 13.7. The quantitative estimate of drug-likeness (QED) is 0.869. The molecular weight excluding hydrogens is 311 g/mol. The minimum atomic E-state index is -0.377. The van der Waals surface area contributed by atoms with Crippen LogP contribution < -0.4 is 0 Å². The van der Waals surface area contributed by atoms with Gasteiger partial charge in [0.2, 0.25) is 0 Å². The van der Waals surface area contributed by atoms with Gasteiger partial charge in [-0.2, -0.15) is 0 Å². The van der Waals surface area contributed by atoms with Gasteiger partial charge in [-0.15, -0.1) is 0 Å². The number of carbonyl (C=O) groups excluding carboxylic acids is 1. The van der Waals surface area contributed by atoms with Crippen molar-refractivity contribution in [1.82, 2.24) is 9.88 Å². The highest BCUT2D eigenvalue weighted by Gasteiger charge is 2.15. The van der Waals surface area contributed by atoms with Crippen LogP contribution in [0.25, 0.3) is 0 Å². The molecule has 0 radical (unpaired) electrons. The number of hydrogen-bond donors (Lipinski definition) is 0. The highest BCUT2D eigenvalue weighted by Crippen LogP contribution is 2.20. The van der Waals surface area contributed by atoms with E-state index in [4.69, 9.17) is 0 Å². The number of carbonyl (C=O) groups is 1. The normalized spacial score (nSPS) is 10.3. The Kier molecular flexibility index (Phi) is 4.27. The van der Waals surface area contributed by atoms with Crippen LogP contribution in [0, 0.1) is 5.82 Å². The van der Waals surface area contributed by atoms with Crippen molar-refractivity contribution in [1.29, 1.82) is 0 Å². The number of hydrogen-bond acceptors (Lipinski definition) is 2. The third kappa shape index (κ3) is 3.38. The summed E-state index contributed by atoms with van der Waals surface area (Å²) in [4.78, 5) is 17.8. The lowest BCUT2D eigenvalue weighted by Crippen LogP contribution is -2.26. The van der Waals surface area contributed by atoms with E-state index in [0.717, 1.165) is 5.56 Å². The fourth-order valence-corrected chi connectivity index (χ4v) is 2.23. The van der Waals surface area contributed by atoms with E-state index >= 15 is 0 Å². The van der Waals surface area contributed by atoms with E-state index in [1.165, 1.54) is 18.2 Å². The number of pyridine rings is 1. The Morgan fingerprint density at radius 1 is 1.42 bits per heavy atom. The molecule has 0 aliphatic rings. The first-order valence-corrected chi connectivity index (χ1v) is 6.46. The lowest BCUT2D eigenvalue weighted by Gasteiger charge is -2.17. The van der Waals surface area contributed by atoms with E-state index in [-0.39, 0.29) is 11.7 Å². The summed E-state index contributed by atoms with van der Waals surface area (Å²) >= 11 is 3.20. The van der Waals surface area contributed by atoms with Crippen molar-refractivity contribution in [3.63, 3.8) is 0 Å².